The molecule has 0 aliphatic carbocycles. The second kappa shape index (κ2) is 6.44. The third-order valence-electron chi connectivity index (χ3n) is 3.13. The lowest BCUT2D eigenvalue weighted by Crippen LogP contribution is -2.36. The summed E-state index contributed by atoms with van der Waals surface area (Å²) < 4.78 is 0. The lowest BCUT2D eigenvalue weighted by Gasteiger charge is -2.30. The molecular formula is C13H29N. The molecule has 1 heteroatoms. The SMILES string of the molecule is CC(C)CC(C)CC(C)N(C)C(C)C. The number of hydrogen-bond donors (Lipinski definition) is 0. The van der Waals surface area contributed by atoms with Crippen molar-refractivity contribution in [1.82, 2.24) is 4.90 Å². The molecule has 0 rings (SSSR count). The van der Waals surface area contributed by atoms with Crippen molar-refractivity contribution in [2.24, 2.45) is 11.8 Å². The van der Waals surface area contributed by atoms with Gasteiger partial charge in [-0.3, -0.25) is 0 Å². The van der Waals surface area contributed by atoms with Crippen LogP contribution in [-0.2, 0) is 0 Å². The number of hydrogen-bond acceptors (Lipinski definition) is 1. The first-order chi connectivity index (χ1) is 6.34. The van der Waals surface area contributed by atoms with Crippen LogP contribution in [-0.4, -0.2) is 24.0 Å². The summed E-state index contributed by atoms with van der Waals surface area (Å²) in [5.74, 6) is 1.69. The molecule has 0 aromatic rings. The first-order valence-electron chi connectivity index (χ1n) is 6.06. The minimum absolute atomic E-state index is 0.663. The molecule has 0 heterocycles. The molecule has 0 amide bonds. The second-order valence-electron chi connectivity index (χ2n) is 5.58. The summed E-state index contributed by atoms with van der Waals surface area (Å²) in [6.07, 6.45) is 2.68. The van der Waals surface area contributed by atoms with E-state index in [1.54, 1.807) is 0 Å². The molecule has 0 bridgehead atoms. The fraction of sp³-hybridized carbons (Fsp3) is 1.00. The van der Waals surface area contributed by atoms with E-state index < -0.39 is 0 Å². The summed E-state index contributed by atoms with van der Waals surface area (Å²) in [7, 11) is 2.23. The van der Waals surface area contributed by atoms with Crippen LogP contribution in [0.4, 0.5) is 0 Å². The third-order valence-corrected chi connectivity index (χ3v) is 3.13. The van der Waals surface area contributed by atoms with Crippen molar-refractivity contribution in [1.29, 1.82) is 0 Å². The number of rotatable bonds is 6. The molecule has 0 N–H and O–H groups in total. The van der Waals surface area contributed by atoms with Gasteiger partial charge in [-0.15, -0.1) is 0 Å². The third kappa shape index (κ3) is 5.64. The quantitative estimate of drug-likeness (QED) is 0.629. The monoisotopic (exact) mass is 199 g/mol. The maximum atomic E-state index is 2.47. The summed E-state index contributed by atoms with van der Waals surface area (Å²) in [4.78, 5) is 2.47. The molecule has 0 aromatic carbocycles. The van der Waals surface area contributed by atoms with E-state index in [2.05, 4.69) is 53.5 Å². The van der Waals surface area contributed by atoms with Crippen LogP contribution in [0.25, 0.3) is 0 Å². The second-order valence-corrected chi connectivity index (χ2v) is 5.58. The zero-order valence-electron chi connectivity index (χ0n) is 11.2. The van der Waals surface area contributed by atoms with E-state index in [0.717, 1.165) is 11.8 Å². The Labute approximate surface area is 90.9 Å². The molecule has 0 spiro atoms. The molecule has 0 aromatic heterocycles. The molecule has 0 saturated heterocycles. The smallest absolute Gasteiger partial charge is 0.00691 e. The first kappa shape index (κ1) is 14.0. The van der Waals surface area contributed by atoms with Gasteiger partial charge in [0.2, 0.25) is 0 Å². The van der Waals surface area contributed by atoms with Crippen molar-refractivity contribution in [3.8, 4) is 0 Å². The van der Waals surface area contributed by atoms with Crippen LogP contribution in [0.1, 0.15) is 54.4 Å². The summed E-state index contributed by atoms with van der Waals surface area (Å²) in [5.41, 5.74) is 0. The van der Waals surface area contributed by atoms with Crippen molar-refractivity contribution >= 4 is 0 Å². The zero-order valence-corrected chi connectivity index (χ0v) is 11.2. The molecule has 86 valence electrons. The Morgan fingerprint density at radius 3 is 1.71 bits per heavy atom. The Balaban J connectivity index is 3.86. The molecule has 0 aliphatic rings. The maximum Gasteiger partial charge on any atom is 0.00691 e. The molecule has 2 unspecified atom stereocenters. The standard InChI is InChI=1S/C13H29N/c1-10(2)8-12(5)9-13(6)14(7)11(3)4/h10-13H,8-9H2,1-7H3. The molecule has 14 heavy (non-hydrogen) atoms. The lowest BCUT2D eigenvalue weighted by molar-refractivity contribution is 0.177. The molecule has 0 saturated carbocycles. The Kier molecular flexibility index (Phi) is 6.43. The van der Waals surface area contributed by atoms with Gasteiger partial charge >= 0.3 is 0 Å². The summed E-state index contributed by atoms with van der Waals surface area (Å²) >= 11 is 0. The van der Waals surface area contributed by atoms with E-state index in [1.165, 1.54) is 12.8 Å². The highest BCUT2D eigenvalue weighted by Crippen LogP contribution is 2.19. The predicted molar refractivity (Wildman–Crippen MR) is 65.6 cm³/mol. The van der Waals surface area contributed by atoms with Crippen LogP contribution in [0.15, 0.2) is 0 Å². The molecule has 0 fully saturated rings. The van der Waals surface area contributed by atoms with Gasteiger partial charge < -0.3 is 4.90 Å². The molecule has 0 aliphatic heterocycles. The summed E-state index contributed by atoms with van der Waals surface area (Å²) in [5, 5.41) is 0. The van der Waals surface area contributed by atoms with Gasteiger partial charge in [-0.2, -0.15) is 0 Å². The molecule has 0 radical (unpaired) electrons. The van der Waals surface area contributed by atoms with E-state index in [9.17, 15) is 0 Å². The highest BCUT2D eigenvalue weighted by molar-refractivity contribution is 4.70. The van der Waals surface area contributed by atoms with Gasteiger partial charge in [0.1, 0.15) is 0 Å². The Bertz CT molecular complexity index is 140. The minimum Gasteiger partial charge on any atom is -0.301 e. The molecule has 1 nitrogen and oxygen atoms in total. The average Bonchev–Trinajstić information content (AvgIpc) is 2.00. The predicted octanol–water partition coefficient (Wildman–Crippen LogP) is 3.79. The largest absolute Gasteiger partial charge is 0.301 e. The van der Waals surface area contributed by atoms with Crippen LogP contribution in [0.2, 0.25) is 0 Å². The van der Waals surface area contributed by atoms with Crippen LogP contribution in [0.3, 0.4) is 0 Å². The summed E-state index contributed by atoms with van der Waals surface area (Å²) in [6.45, 7) is 13.9. The Hall–Kier alpha value is -0.0400. The fourth-order valence-electron chi connectivity index (χ4n) is 2.16. The highest BCUT2D eigenvalue weighted by atomic mass is 15.1. The first-order valence-corrected chi connectivity index (χ1v) is 6.06. The average molecular weight is 199 g/mol. The minimum atomic E-state index is 0.663. The van der Waals surface area contributed by atoms with Crippen molar-refractivity contribution in [2.75, 3.05) is 7.05 Å². The van der Waals surface area contributed by atoms with Crippen molar-refractivity contribution in [2.45, 2.75) is 66.5 Å². The maximum absolute atomic E-state index is 2.47. The van der Waals surface area contributed by atoms with E-state index in [0.29, 0.717) is 12.1 Å². The van der Waals surface area contributed by atoms with E-state index >= 15 is 0 Å². The van der Waals surface area contributed by atoms with Gasteiger partial charge in [0.15, 0.2) is 0 Å². The van der Waals surface area contributed by atoms with E-state index in [4.69, 9.17) is 0 Å². The van der Waals surface area contributed by atoms with Crippen molar-refractivity contribution in [3.05, 3.63) is 0 Å². The molecular weight excluding hydrogens is 170 g/mol. The lowest BCUT2D eigenvalue weighted by atomic mass is 9.92. The van der Waals surface area contributed by atoms with Gasteiger partial charge in [0, 0.05) is 12.1 Å². The van der Waals surface area contributed by atoms with Crippen LogP contribution in [0, 0.1) is 11.8 Å². The summed E-state index contributed by atoms with van der Waals surface area (Å²) in [6, 6.07) is 1.37. The topological polar surface area (TPSA) is 3.24 Å². The van der Waals surface area contributed by atoms with Gasteiger partial charge in [-0.1, -0.05) is 20.8 Å². The van der Waals surface area contributed by atoms with Crippen LogP contribution in [0.5, 0.6) is 0 Å². The Morgan fingerprint density at radius 2 is 1.36 bits per heavy atom. The van der Waals surface area contributed by atoms with Gasteiger partial charge in [-0.25, -0.2) is 0 Å². The van der Waals surface area contributed by atoms with Gasteiger partial charge in [0.25, 0.3) is 0 Å². The van der Waals surface area contributed by atoms with E-state index in [1.807, 2.05) is 0 Å². The van der Waals surface area contributed by atoms with E-state index in [-0.39, 0.29) is 0 Å². The van der Waals surface area contributed by atoms with Crippen molar-refractivity contribution in [3.63, 3.8) is 0 Å². The van der Waals surface area contributed by atoms with Gasteiger partial charge in [-0.05, 0) is 52.5 Å². The highest BCUT2D eigenvalue weighted by Gasteiger charge is 2.15. The Morgan fingerprint density at radius 1 is 0.857 bits per heavy atom. The van der Waals surface area contributed by atoms with Gasteiger partial charge in [0.05, 0.1) is 0 Å². The fourth-order valence-corrected chi connectivity index (χ4v) is 2.16. The number of nitrogens with zero attached hydrogens (tertiary/aromatic N) is 1. The zero-order chi connectivity index (χ0) is 11.3. The molecule has 2 atom stereocenters. The van der Waals surface area contributed by atoms with Crippen molar-refractivity contribution < 1.29 is 0 Å². The normalized spacial score (nSPS) is 16.7. The van der Waals surface area contributed by atoms with Crippen LogP contribution < -0.4 is 0 Å². The van der Waals surface area contributed by atoms with Crippen LogP contribution >= 0.6 is 0 Å².